The first-order valence-corrected chi connectivity index (χ1v) is 4.43. The average Bonchev–Trinajstić information content (AvgIpc) is 1.84. The first-order valence-electron chi connectivity index (χ1n) is 4.43. The molecule has 1 atom stereocenters. The van der Waals surface area contributed by atoms with Gasteiger partial charge in [0.05, 0.1) is 6.10 Å². The lowest BCUT2D eigenvalue weighted by Crippen LogP contribution is -2.18. The molecule has 0 aromatic carbocycles. The highest BCUT2D eigenvalue weighted by Crippen LogP contribution is 2.03. The molecule has 0 aromatic heterocycles. The van der Waals surface area contributed by atoms with E-state index in [0.717, 1.165) is 12.8 Å². The molecule has 0 saturated heterocycles. The van der Waals surface area contributed by atoms with Gasteiger partial charge in [0, 0.05) is 0 Å². The second-order valence-corrected chi connectivity index (χ2v) is 3.13. The Morgan fingerprint density at radius 1 is 1.25 bits per heavy atom. The molecule has 0 aliphatic rings. The molecule has 0 aliphatic carbocycles. The lowest BCUT2D eigenvalue weighted by atomic mass is 10.2. The molecule has 0 bridgehead atoms. The molecule has 1 unspecified atom stereocenters. The van der Waals surface area contributed by atoms with Crippen LogP contribution in [0.25, 0.3) is 0 Å². The zero-order valence-corrected chi connectivity index (χ0v) is 8.29. The number of ether oxygens (including phenoxy) is 2. The van der Waals surface area contributed by atoms with Gasteiger partial charge in [-0.15, -0.1) is 0 Å². The Balaban J connectivity index is 3.54. The number of carbonyl (C=O) groups excluding carboxylic acids is 1. The molecule has 0 amide bonds. The van der Waals surface area contributed by atoms with E-state index in [1.165, 1.54) is 0 Å². The van der Waals surface area contributed by atoms with Gasteiger partial charge in [-0.2, -0.15) is 0 Å². The summed E-state index contributed by atoms with van der Waals surface area (Å²) < 4.78 is 9.75. The highest BCUT2D eigenvalue weighted by molar-refractivity contribution is 5.60. The third-order valence-corrected chi connectivity index (χ3v) is 1.32. The normalized spacial score (nSPS) is 12.8. The van der Waals surface area contributed by atoms with Crippen LogP contribution in [0, 0.1) is 0 Å². The molecule has 0 saturated carbocycles. The fourth-order valence-electron chi connectivity index (χ4n) is 0.850. The van der Waals surface area contributed by atoms with Crippen molar-refractivity contribution in [3.8, 4) is 0 Å². The monoisotopic (exact) mass is 174 g/mol. The van der Waals surface area contributed by atoms with Gasteiger partial charge in [0.25, 0.3) is 0 Å². The summed E-state index contributed by atoms with van der Waals surface area (Å²) in [6.45, 7) is 7.51. The molecular formula is C9H18O3. The van der Waals surface area contributed by atoms with E-state index in [1.54, 1.807) is 13.8 Å². The van der Waals surface area contributed by atoms with Gasteiger partial charge in [-0.05, 0) is 27.2 Å². The third-order valence-electron chi connectivity index (χ3n) is 1.32. The lowest BCUT2D eigenvalue weighted by molar-refractivity contribution is 0.00987. The summed E-state index contributed by atoms with van der Waals surface area (Å²) >= 11 is 0. The highest BCUT2D eigenvalue weighted by atomic mass is 16.7. The first-order chi connectivity index (χ1) is 5.56. The quantitative estimate of drug-likeness (QED) is 0.615. The Morgan fingerprint density at radius 3 is 2.25 bits per heavy atom. The predicted molar refractivity (Wildman–Crippen MR) is 47.1 cm³/mol. The second-order valence-electron chi connectivity index (χ2n) is 3.13. The first kappa shape index (κ1) is 11.3. The van der Waals surface area contributed by atoms with E-state index < -0.39 is 6.16 Å². The number of hydrogen-bond donors (Lipinski definition) is 0. The fourth-order valence-corrected chi connectivity index (χ4v) is 0.850. The molecule has 0 fully saturated rings. The minimum atomic E-state index is -0.564. The van der Waals surface area contributed by atoms with Crippen molar-refractivity contribution < 1.29 is 14.3 Å². The molecule has 0 radical (unpaired) electrons. The summed E-state index contributed by atoms with van der Waals surface area (Å²) in [7, 11) is 0. The van der Waals surface area contributed by atoms with Crippen molar-refractivity contribution in [3.05, 3.63) is 0 Å². The molecule has 0 N–H and O–H groups in total. The molecule has 0 aromatic rings. The maximum atomic E-state index is 10.9. The molecule has 72 valence electrons. The SMILES string of the molecule is CCCC(C)OC(=O)OC(C)C. The minimum Gasteiger partial charge on any atom is -0.432 e. The van der Waals surface area contributed by atoms with Crippen LogP contribution in [0.4, 0.5) is 4.79 Å². The number of rotatable bonds is 4. The summed E-state index contributed by atoms with van der Waals surface area (Å²) in [6.07, 6.45) is 1.18. The molecule has 0 heterocycles. The molecule has 0 rings (SSSR count). The van der Waals surface area contributed by atoms with E-state index in [9.17, 15) is 4.79 Å². The van der Waals surface area contributed by atoms with Crippen molar-refractivity contribution in [1.29, 1.82) is 0 Å². The van der Waals surface area contributed by atoms with Gasteiger partial charge in [-0.25, -0.2) is 4.79 Å². The van der Waals surface area contributed by atoms with Crippen LogP contribution in [-0.2, 0) is 9.47 Å². The van der Waals surface area contributed by atoms with Crippen molar-refractivity contribution in [2.24, 2.45) is 0 Å². The lowest BCUT2D eigenvalue weighted by Gasteiger charge is -2.13. The summed E-state index contributed by atoms with van der Waals surface area (Å²) in [5.74, 6) is 0. The van der Waals surface area contributed by atoms with Crippen LogP contribution in [0.2, 0.25) is 0 Å². The van der Waals surface area contributed by atoms with Crippen LogP contribution < -0.4 is 0 Å². The molecular weight excluding hydrogens is 156 g/mol. The topological polar surface area (TPSA) is 35.5 Å². The van der Waals surface area contributed by atoms with Gasteiger partial charge < -0.3 is 9.47 Å². The summed E-state index contributed by atoms with van der Waals surface area (Å²) in [4.78, 5) is 10.9. The number of hydrogen-bond acceptors (Lipinski definition) is 3. The van der Waals surface area contributed by atoms with Crippen LogP contribution in [-0.4, -0.2) is 18.4 Å². The van der Waals surface area contributed by atoms with Crippen LogP contribution in [0.1, 0.15) is 40.5 Å². The van der Waals surface area contributed by atoms with Crippen LogP contribution >= 0.6 is 0 Å². The number of carbonyl (C=O) groups is 1. The Bertz CT molecular complexity index is 132. The second kappa shape index (κ2) is 5.86. The molecule has 3 heteroatoms. The Morgan fingerprint density at radius 2 is 1.83 bits per heavy atom. The van der Waals surface area contributed by atoms with Crippen molar-refractivity contribution in [2.45, 2.75) is 52.7 Å². The van der Waals surface area contributed by atoms with Crippen molar-refractivity contribution >= 4 is 6.16 Å². The van der Waals surface area contributed by atoms with Crippen molar-refractivity contribution in [2.75, 3.05) is 0 Å². The zero-order chi connectivity index (χ0) is 9.56. The largest absolute Gasteiger partial charge is 0.508 e. The molecule has 0 aliphatic heterocycles. The zero-order valence-electron chi connectivity index (χ0n) is 8.29. The summed E-state index contributed by atoms with van der Waals surface area (Å²) in [6, 6.07) is 0. The minimum absolute atomic E-state index is 0.0405. The summed E-state index contributed by atoms with van der Waals surface area (Å²) in [5.41, 5.74) is 0. The van der Waals surface area contributed by atoms with E-state index in [-0.39, 0.29) is 12.2 Å². The van der Waals surface area contributed by atoms with E-state index in [4.69, 9.17) is 9.47 Å². The molecule has 3 nitrogen and oxygen atoms in total. The highest BCUT2D eigenvalue weighted by Gasteiger charge is 2.10. The van der Waals surface area contributed by atoms with Gasteiger partial charge in [-0.3, -0.25) is 0 Å². The Hall–Kier alpha value is -0.730. The third kappa shape index (κ3) is 6.01. The van der Waals surface area contributed by atoms with Crippen molar-refractivity contribution in [1.82, 2.24) is 0 Å². The molecule has 12 heavy (non-hydrogen) atoms. The van der Waals surface area contributed by atoms with Gasteiger partial charge >= 0.3 is 6.16 Å². The predicted octanol–water partition coefficient (Wildman–Crippen LogP) is 2.74. The van der Waals surface area contributed by atoms with Crippen LogP contribution in [0.5, 0.6) is 0 Å². The summed E-state index contributed by atoms with van der Waals surface area (Å²) in [5, 5.41) is 0. The Labute approximate surface area is 74.0 Å². The average molecular weight is 174 g/mol. The standard InChI is InChI=1S/C9H18O3/c1-5-6-8(4)12-9(10)11-7(2)3/h7-8H,5-6H2,1-4H3. The van der Waals surface area contributed by atoms with Gasteiger partial charge in [-0.1, -0.05) is 13.3 Å². The van der Waals surface area contributed by atoms with E-state index in [0.29, 0.717) is 0 Å². The van der Waals surface area contributed by atoms with Gasteiger partial charge in [0.2, 0.25) is 0 Å². The maximum Gasteiger partial charge on any atom is 0.508 e. The van der Waals surface area contributed by atoms with Crippen molar-refractivity contribution in [3.63, 3.8) is 0 Å². The van der Waals surface area contributed by atoms with Gasteiger partial charge in [0.1, 0.15) is 6.10 Å². The van der Waals surface area contributed by atoms with E-state index in [1.807, 2.05) is 13.8 Å². The smallest absolute Gasteiger partial charge is 0.432 e. The van der Waals surface area contributed by atoms with Gasteiger partial charge in [0.15, 0.2) is 0 Å². The molecule has 0 spiro atoms. The van der Waals surface area contributed by atoms with Crippen LogP contribution in [0.3, 0.4) is 0 Å². The van der Waals surface area contributed by atoms with E-state index in [2.05, 4.69) is 0 Å². The Kier molecular flexibility index (Phi) is 5.51. The maximum absolute atomic E-state index is 10.9. The van der Waals surface area contributed by atoms with Crippen LogP contribution in [0.15, 0.2) is 0 Å². The fraction of sp³-hybridized carbons (Fsp3) is 0.889. The van der Waals surface area contributed by atoms with E-state index >= 15 is 0 Å².